The first kappa shape index (κ1) is 19.5. The van der Waals surface area contributed by atoms with Crippen LogP contribution in [-0.2, 0) is 14.3 Å². The van der Waals surface area contributed by atoms with Crippen LogP contribution in [0.25, 0.3) is 6.08 Å². The molecule has 0 aromatic carbocycles. The third kappa shape index (κ3) is 4.37. The van der Waals surface area contributed by atoms with E-state index in [1.165, 1.54) is 19.8 Å². The summed E-state index contributed by atoms with van der Waals surface area (Å²) >= 11 is 0.806. The van der Waals surface area contributed by atoms with Crippen molar-refractivity contribution in [3.63, 3.8) is 0 Å². The standard InChI is InChI=1S/C19H24N2O5S/c1-3-25-18(23)13(2)21-17(22)15(27-19(21)24)12-14-8-9-16(26-14)20-10-6-4-5-7-11-20/h8-9,12-13H,3-7,10-11H2,1-2H3/b15-12+/t13-/m1/s1. The summed E-state index contributed by atoms with van der Waals surface area (Å²) < 4.78 is 10.8. The number of anilines is 1. The third-order valence-corrected chi connectivity index (χ3v) is 5.53. The van der Waals surface area contributed by atoms with E-state index < -0.39 is 23.2 Å². The van der Waals surface area contributed by atoms with Gasteiger partial charge in [-0.3, -0.25) is 14.5 Å². The first-order valence-electron chi connectivity index (χ1n) is 9.29. The maximum Gasteiger partial charge on any atom is 0.329 e. The van der Waals surface area contributed by atoms with Crippen molar-refractivity contribution >= 4 is 40.8 Å². The molecule has 0 spiro atoms. The summed E-state index contributed by atoms with van der Waals surface area (Å²) in [7, 11) is 0. The highest BCUT2D eigenvalue weighted by molar-refractivity contribution is 8.18. The largest absolute Gasteiger partial charge is 0.464 e. The molecule has 2 aliphatic heterocycles. The second-order valence-electron chi connectivity index (χ2n) is 6.56. The minimum Gasteiger partial charge on any atom is -0.464 e. The van der Waals surface area contributed by atoms with Crippen LogP contribution in [0.5, 0.6) is 0 Å². The van der Waals surface area contributed by atoms with E-state index in [0.717, 1.165) is 48.5 Å². The van der Waals surface area contributed by atoms with E-state index >= 15 is 0 Å². The molecule has 3 rings (SSSR count). The lowest BCUT2D eigenvalue weighted by atomic mass is 10.2. The van der Waals surface area contributed by atoms with E-state index in [-0.39, 0.29) is 11.5 Å². The van der Waals surface area contributed by atoms with Crippen molar-refractivity contribution in [2.45, 2.75) is 45.6 Å². The van der Waals surface area contributed by atoms with Crippen LogP contribution in [0, 0.1) is 0 Å². The van der Waals surface area contributed by atoms with Gasteiger partial charge in [0.05, 0.1) is 11.5 Å². The molecule has 3 heterocycles. The number of carbonyl (C=O) groups is 3. The lowest BCUT2D eigenvalue weighted by Gasteiger charge is -2.19. The van der Waals surface area contributed by atoms with Crippen LogP contribution in [-0.4, -0.2) is 47.8 Å². The number of thioether (sulfide) groups is 1. The van der Waals surface area contributed by atoms with E-state index in [4.69, 9.17) is 9.15 Å². The van der Waals surface area contributed by atoms with Gasteiger partial charge in [0.25, 0.3) is 11.1 Å². The summed E-state index contributed by atoms with van der Waals surface area (Å²) in [6, 6.07) is 2.73. The number of hydrogen-bond donors (Lipinski definition) is 0. The first-order chi connectivity index (χ1) is 13.0. The fourth-order valence-corrected chi connectivity index (χ4v) is 4.08. The molecule has 2 saturated heterocycles. The predicted octanol–water partition coefficient (Wildman–Crippen LogP) is 3.65. The molecule has 1 aromatic heterocycles. The summed E-state index contributed by atoms with van der Waals surface area (Å²) in [5, 5.41) is -0.480. The van der Waals surface area contributed by atoms with Gasteiger partial charge >= 0.3 is 5.97 Å². The predicted molar refractivity (Wildman–Crippen MR) is 103 cm³/mol. The average molecular weight is 392 g/mol. The minimum absolute atomic E-state index is 0.195. The smallest absolute Gasteiger partial charge is 0.329 e. The zero-order valence-electron chi connectivity index (χ0n) is 15.6. The Morgan fingerprint density at radius 3 is 2.63 bits per heavy atom. The molecular weight excluding hydrogens is 368 g/mol. The highest BCUT2D eigenvalue weighted by atomic mass is 32.2. The van der Waals surface area contributed by atoms with Crippen molar-refractivity contribution < 1.29 is 23.5 Å². The molecule has 0 N–H and O–H groups in total. The van der Waals surface area contributed by atoms with Crippen LogP contribution in [0.3, 0.4) is 0 Å². The maximum atomic E-state index is 12.6. The summed E-state index contributed by atoms with van der Waals surface area (Å²) in [4.78, 5) is 40.0. The molecule has 1 atom stereocenters. The molecule has 2 aliphatic rings. The van der Waals surface area contributed by atoms with Gasteiger partial charge in [-0.05, 0) is 44.5 Å². The van der Waals surface area contributed by atoms with Crippen molar-refractivity contribution in [3.05, 3.63) is 22.8 Å². The van der Waals surface area contributed by atoms with Gasteiger partial charge in [0.1, 0.15) is 11.8 Å². The van der Waals surface area contributed by atoms with E-state index in [1.807, 2.05) is 6.07 Å². The summed E-state index contributed by atoms with van der Waals surface area (Å²) in [5.74, 6) is 0.201. The van der Waals surface area contributed by atoms with Gasteiger partial charge < -0.3 is 14.1 Å². The van der Waals surface area contributed by atoms with Gasteiger partial charge in [-0.1, -0.05) is 12.8 Å². The van der Waals surface area contributed by atoms with Crippen molar-refractivity contribution in [1.82, 2.24) is 4.90 Å². The van der Waals surface area contributed by atoms with Gasteiger partial charge in [-0.25, -0.2) is 4.79 Å². The zero-order chi connectivity index (χ0) is 19.4. The maximum absolute atomic E-state index is 12.6. The fraction of sp³-hybridized carbons (Fsp3) is 0.526. The second kappa shape index (κ2) is 8.65. The molecule has 8 heteroatoms. The molecular formula is C19H24N2O5S. The number of hydrogen-bond acceptors (Lipinski definition) is 7. The van der Waals surface area contributed by atoms with E-state index in [2.05, 4.69) is 4.90 Å². The number of nitrogens with zero attached hydrogens (tertiary/aromatic N) is 2. The lowest BCUT2D eigenvalue weighted by Crippen LogP contribution is -2.42. The molecule has 0 radical (unpaired) electrons. The van der Waals surface area contributed by atoms with Gasteiger partial charge in [0.2, 0.25) is 0 Å². The van der Waals surface area contributed by atoms with Crippen LogP contribution < -0.4 is 4.90 Å². The summed E-state index contributed by atoms with van der Waals surface area (Å²) in [6.45, 7) is 5.28. The van der Waals surface area contributed by atoms with Gasteiger partial charge in [-0.2, -0.15) is 0 Å². The Balaban J connectivity index is 1.73. The molecule has 2 amide bonds. The van der Waals surface area contributed by atoms with E-state index in [0.29, 0.717) is 5.76 Å². The van der Waals surface area contributed by atoms with Crippen LogP contribution in [0.2, 0.25) is 0 Å². The SMILES string of the molecule is CCOC(=O)[C@@H](C)N1C(=O)S/C(=C/c2ccc(N3CCCCCC3)o2)C1=O. The van der Waals surface area contributed by atoms with Crippen molar-refractivity contribution in [1.29, 1.82) is 0 Å². The summed E-state index contributed by atoms with van der Waals surface area (Å²) in [6.07, 6.45) is 6.30. The number of amides is 2. The first-order valence-corrected chi connectivity index (χ1v) is 10.1. The Labute approximate surface area is 162 Å². The fourth-order valence-electron chi connectivity index (χ4n) is 3.19. The van der Waals surface area contributed by atoms with Crippen molar-refractivity contribution in [2.75, 3.05) is 24.6 Å². The Hall–Kier alpha value is -2.22. The van der Waals surface area contributed by atoms with Crippen molar-refractivity contribution in [3.8, 4) is 0 Å². The van der Waals surface area contributed by atoms with Crippen LogP contribution in [0.15, 0.2) is 21.5 Å². The Bertz CT molecular complexity index is 749. The quantitative estimate of drug-likeness (QED) is 0.559. The molecule has 146 valence electrons. The number of carbonyl (C=O) groups excluding carboxylic acids is 3. The normalized spacial score (nSPS) is 20.9. The molecule has 0 saturated carbocycles. The molecule has 7 nitrogen and oxygen atoms in total. The van der Waals surface area contributed by atoms with Gasteiger partial charge in [-0.15, -0.1) is 0 Å². The van der Waals surface area contributed by atoms with Crippen LogP contribution in [0.4, 0.5) is 10.7 Å². The van der Waals surface area contributed by atoms with E-state index in [9.17, 15) is 14.4 Å². The monoisotopic (exact) mass is 392 g/mol. The number of imide groups is 1. The Kier molecular flexibility index (Phi) is 6.26. The zero-order valence-corrected chi connectivity index (χ0v) is 16.4. The second-order valence-corrected chi connectivity index (χ2v) is 7.55. The molecule has 2 fully saturated rings. The van der Waals surface area contributed by atoms with Crippen LogP contribution in [0.1, 0.15) is 45.3 Å². The highest BCUT2D eigenvalue weighted by Crippen LogP contribution is 2.34. The third-order valence-electron chi connectivity index (χ3n) is 4.64. The average Bonchev–Trinajstić information content (AvgIpc) is 3.08. The van der Waals surface area contributed by atoms with Crippen LogP contribution >= 0.6 is 11.8 Å². The highest BCUT2D eigenvalue weighted by Gasteiger charge is 2.41. The number of furan rings is 1. The molecule has 0 bridgehead atoms. The number of ether oxygens (including phenoxy) is 1. The minimum atomic E-state index is -0.951. The van der Waals surface area contributed by atoms with E-state index in [1.54, 1.807) is 19.1 Å². The molecule has 0 unspecified atom stereocenters. The van der Waals surface area contributed by atoms with Gasteiger partial charge in [0, 0.05) is 25.2 Å². The Morgan fingerprint density at radius 1 is 1.26 bits per heavy atom. The lowest BCUT2D eigenvalue weighted by molar-refractivity contribution is -0.150. The number of esters is 1. The topological polar surface area (TPSA) is 80.1 Å². The number of rotatable bonds is 5. The van der Waals surface area contributed by atoms with Crippen molar-refractivity contribution in [2.24, 2.45) is 0 Å². The molecule has 27 heavy (non-hydrogen) atoms. The Morgan fingerprint density at radius 2 is 1.96 bits per heavy atom. The van der Waals surface area contributed by atoms with Gasteiger partial charge in [0.15, 0.2) is 5.88 Å². The molecule has 0 aliphatic carbocycles. The molecule has 1 aromatic rings. The summed E-state index contributed by atoms with van der Waals surface area (Å²) in [5.41, 5.74) is 0.